The zero-order valence-corrected chi connectivity index (χ0v) is 12.5. The molecule has 0 fully saturated rings. The van der Waals surface area contributed by atoms with Gasteiger partial charge in [0, 0.05) is 18.0 Å². The lowest BCUT2D eigenvalue weighted by molar-refractivity contribution is 0.0472. The molecule has 0 bridgehead atoms. The van der Waals surface area contributed by atoms with Gasteiger partial charge in [0.1, 0.15) is 16.4 Å². The summed E-state index contributed by atoms with van der Waals surface area (Å²) < 4.78 is 5.65. The van der Waals surface area contributed by atoms with Gasteiger partial charge in [0.15, 0.2) is 0 Å². The van der Waals surface area contributed by atoms with Crippen molar-refractivity contribution in [2.24, 2.45) is 0 Å². The summed E-state index contributed by atoms with van der Waals surface area (Å²) in [5, 5.41) is 0.624. The number of hydrogen-bond acceptors (Lipinski definition) is 4. The van der Waals surface area contributed by atoms with Crippen molar-refractivity contribution in [3.63, 3.8) is 0 Å². The molecule has 0 N–H and O–H groups in total. The maximum Gasteiger partial charge on any atom is 0.340 e. The second-order valence-electron chi connectivity index (χ2n) is 3.55. The lowest BCUT2D eigenvalue weighted by Crippen LogP contribution is -2.06. The third-order valence-electron chi connectivity index (χ3n) is 2.20. The van der Waals surface area contributed by atoms with Crippen molar-refractivity contribution in [2.75, 3.05) is 0 Å². The van der Waals surface area contributed by atoms with Crippen LogP contribution in [0.25, 0.3) is 0 Å². The lowest BCUT2D eigenvalue weighted by Gasteiger charge is -2.06. The fraction of sp³-hybridized carbons (Fsp3) is 0.0833. The summed E-state index contributed by atoms with van der Waals surface area (Å²) in [7, 11) is 0. The smallest absolute Gasteiger partial charge is 0.340 e. The molecule has 19 heavy (non-hydrogen) atoms. The molecule has 7 heteroatoms. The van der Waals surface area contributed by atoms with E-state index >= 15 is 0 Å². The van der Waals surface area contributed by atoms with Gasteiger partial charge in [-0.05, 0) is 28.1 Å². The summed E-state index contributed by atoms with van der Waals surface area (Å²) in [4.78, 5) is 19.7. The highest BCUT2D eigenvalue weighted by atomic mass is 79.9. The second kappa shape index (κ2) is 6.32. The molecule has 0 spiro atoms. The first-order valence-electron chi connectivity index (χ1n) is 5.15. The summed E-state index contributed by atoms with van der Waals surface area (Å²) in [5.41, 5.74) is 0.993. The molecule has 0 aliphatic rings. The molecular formula is C12H7BrCl2N2O2. The van der Waals surface area contributed by atoms with Crippen LogP contribution in [-0.2, 0) is 11.3 Å². The fourth-order valence-corrected chi connectivity index (χ4v) is 1.91. The van der Waals surface area contributed by atoms with Gasteiger partial charge >= 0.3 is 5.97 Å². The molecule has 2 rings (SSSR count). The van der Waals surface area contributed by atoms with Crippen LogP contribution in [0.2, 0.25) is 10.2 Å². The van der Waals surface area contributed by atoms with Gasteiger partial charge in [-0.1, -0.05) is 29.3 Å². The fourth-order valence-electron chi connectivity index (χ4n) is 1.29. The molecule has 0 saturated heterocycles. The van der Waals surface area contributed by atoms with E-state index in [1.54, 1.807) is 18.3 Å². The van der Waals surface area contributed by atoms with E-state index in [4.69, 9.17) is 27.9 Å². The molecule has 0 unspecified atom stereocenters. The van der Waals surface area contributed by atoms with E-state index in [0.717, 1.165) is 5.56 Å². The Kier molecular flexibility index (Phi) is 4.74. The minimum atomic E-state index is -0.525. The molecule has 2 aromatic rings. The van der Waals surface area contributed by atoms with Crippen LogP contribution in [0, 0.1) is 0 Å². The van der Waals surface area contributed by atoms with E-state index in [-0.39, 0.29) is 17.2 Å². The van der Waals surface area contributed by atoms with Gasteiger partial charge in [-0.2, -0.15) is 0 Å². The van der Waals surface area contributed by atoms with Crippen molar-refractivity contribution in [1.29, 1.82) is 0 Å². The number of halogens is 3. The van der Waals surface area contributed by atoms with Crippen molar-refractivity contribution in [2.45, 2.75) is 6.61 Å². The van der Waals surface area contributed by atoms with Crippen LogP contribution in [0.3, 0.4) is 0 Å². The highest BCUT2D eigenvalue weighted by molar-refractivity contribution is 9.10. The number of nitrogens with zero attached hydrogens (tertiary/aromatic N) is 2. The number of carbonyl (C=O) groups is 1. The standard InChI is InChI=1S/C12H7BrCl2N2O2/c13-10-3-8(9(14)5-16-10)12(18)19-6-7-1-2-11(15)17-4-7/h1-5H,6H2. The van der Waals surface area contributed by atoms with Crippen molar-refractivity contribution < 1.29 is 9.53 Å². The van der Waals surface area contributed by atoms with Crippen LogP contribution in [0.1, 0.15) is 15.9 Å². The molecule has 98 valence electrons. The minimum Gasteiger partial charge on any atom is -0.457 e. The summed E-state index contributed by atoms with van der Waals surface area (Å²) in [5.74, 6) is -0.525. The van der Waals surface area contributed by atoms with E-state index < -0.39 is 5.97 Å². The second-order valence-corrected chi connectivity index (χ2v) is 5.16. The Labute approximate surface area is 127 Å². The largest absolute Gasteiger partial charge is 0.457 e. The summed E-state index contributed by atoms with van der Waals surface area (Å²) in [6.45, 7) is 0.0965. The quantitative estimate of drug-likeness (QED) is 0.614. The van der Waals surface area contributed by atoms with Crippen LogP contribution >= 0.6 is 39.1 Å². The number of hydrogen-bond donors (Lipinski definition) is 0. The maximum atomic E-state index is 11.9. The first-order valence-corrected chi connectivity index (χ1v) is 6.70. The predicted molar refractivity (Wildman–Crippen MR) is 75.3 cm³/mol. The lowest BCUT2D eigenvalue weighted by atomic mass is 10.2. The normalized spacial score (nSPS) is 10.3. The molecule has 0 radical (unpaired) electrons. The SMILES string of the molecule is O=C(OCc1ccc(Cl)nc1)c1cc(Br)ncc1Cl. The molecule has 0 aliphatic heterocycles. The molecule has 4 nitrogen and oxygen atoms in total. The van der Waals surface area contributed by atoms with E-state index in [0.29, 0.717) is 9.76 Å². The summed E-state index contributed by atoms with van der Waals surface area (Å²) in [6, 6.07) is 4.86. The van der Waals surface area contributed by atoms with Crippen LogP contribution in [-0.4, -0.2) is 15.9 Å². The van der Waals surface area contributed by atoms with Gasteiger partial charge < -0.3 is 4.74 Å². The minimum absolute atomic E-state index is 0.0965. The van der Waals surface area contributed by atoms with Crippen LogP contribution in [0.15, 0.2) is 35.2 Å². The van der Waals surface area contributed by atoms with Gasteiger partial charge in [0.05, 0.1) is 10.6 Å². The molecule has 0 atom stereocenters. The molecule has 0 aliphatic carbocycles. The Bertz CT molecular complexity index is 605. The van der Waals surface area contributed by atoms with E-state index in [2.05, 4.69) is 25.9 Å². The first kappa shape index (κ1) is 14.2. The van der Waals surface area contributed by atoms with Gasteiger partial charge in [-0.15, -0.1) is 0 Å². The monoisotopic (exact) mass is 360 g/mol. The number of ether oxygens (including phenoxy) is 1. The Balaban J connectivity index is 2.05. The highest BCUT2D eigenvalue weighted by Gasteiger charge is 2.13. The first-order chi connectivity index (χ1) is 9.06. The van der Waals surface area contributed by atoms with Crippen LogP contribution in [0.5, 0.6) is 0 Å². The van der Waals surface area contributed by atoms with E-state index in [9.17, 15) is 4.79 Å². The average Bonchev–Trinajstić information content (AvgIpc) is 2.40. The topological polar surface area (TPSA) is 52.1 Å². The maximum absolute atomic E-state index is 11.9. The molecule has 2 heterocycles. The predicted octanol–water partition coefficient (Wildman–Crippen LogP) is 3.90. The van der Waals surface area contributed by atoms with Gasteiger partial charge in [-0.25, -0.2) is 14.8 Å². The Hall–Kier alpha value is -1.17. The van der Waals surface area contributed by atoms with Crippen molar-refractivity contribution in [3.05, 3.63) is 56.5 Å². The van der Waals surface area contributed by atoms with Crippen LogP contribution < -0.4 is 0 Å². The Morgan fingerprint density at radius 2 is 2.05 bits per heavy atom. The van der Waals surface area contributed by atoms with E-state index in [1.807, 2.05) is 0 Å². The van der Waals surface area contributed by atoms with Gasteiger partial charge in [-0.3, -0.25) is 0 Å². The number of aromatic nitrogens is 2. The Morgan fingerprint density at radius 3 is 2.74 bits per heavy atom. The van der Waals surface area contributed by atoms with Crippen molar-refractivity contribution in [1.82, 2.24) is 9.97 Å². The summed E-state index contributed by atoms with van der Waals surface area (Å²) in [6.07, 6.45) is 2.92. The molecule has 2 aromatic heterocycles. The van der Waals surface area contributed by atoms with Gasteiger partial charge in [0.2, 0.25) is 0 Å². The summed E-state index contributed by atoms with van der Waals surface area (Å²) >= 11 is 14.7. The third kappa shape index (κ3) is 3.89. The molecule has 0 aromatic carbocycles. The van der Waals surface area contributed by atoms with Crippen molar-refractivity contribution in [3.8, 4) is 0 Å². The van der Waals surface area contributed by atoms with Gasteiger partial charge in [0.25, 0.3) is 0 Å². The number of rotatable bonds is 3. The molecule has 0 amide bonds. The van der Waals surface area contributed by atoms with Crippen LogP contribution in [0.4, 0.5) is 0 Å². The highest BCUT2D eigenvalue weighted by Crippen LogP contribution is 2.19. The zero-order chi connectivity index (χ0) is 13.8. The van der Waals surface area contributed by atoms with Crippen molar-refractivity contribution >= 4 is 45.1 Å². The number of esters is 1. The van der Waals surface area contributed by atoms with E-state index in [1.165, 1.54) is 12.3 Å². The Morgan fingerprint density at radius 1 is 1.26 bits per heavy atom. The zero-order valence-electron chi connectivity index (χ0n) is 9.44. The molecule has 0 saturated carbocycles. The average molecular weight is 362 g/mol. The number of carbonyl (C=O) groups excluding carboxylic acids is 1. The molecular weight excluding hydrogens is 355 g/mol. The number of pyridine rings is 2. The third-order valence-corrected chi connectivity index (χ3v) is 3.16.